The average Bonchev–Trinajstić information content (AvgIpc) is 3.38. The molecular formula is C36H47N5O4. The number of pyridine rings is 1. The number of benzene rings is 2. The highest BCUT2D eigenvalue weighted by atomic mass is 16.3. The lowest BCUT2D eigenvalue weighted by atomic mass is 9.91. The fourth-order valence-corrected chi connectivity index (χ4v) is 6.29. The number of piperazine rings is 1. The molecule has 0 radical (unpaired) electrons. The molecule has 9 nitrogen and oxygen atoms in total. The van der Waals surface area contributed by atoms with Crippen LogP contribution in [0.4, 0.5) is 0 Å². The first-order valence-corrected chi connectivity index (χ1v) is 15.6. The van der Waals surface area contributed by atoms with E-state index in [0.717, 1.165) is 16.7 Å². The number of aromatic nitrogens is 1. The lowest BCUT2D eigenvalue weighted by Crippen LogP contribution is -2.61. The molecule has 4 N–H and O–H groups in total. The Labute approximate surface area is 273 Å². The molecule has 0 bridgehead atoms. The molecule has 5 atom stereocenters. The zero-order chi connectivity index (χ0) is 36.3. The van der Waals surface area contributed by atoms with Crippen molar-refractivity contribution in [3.63, 3.8) is 0 Å². The van der Waals surface area contributed by atoms with Crippen LogP contribution in [0.5, 0.6) is 0 Å². The number of aliphatic hydroxyl groups is 2. The molecule has 2 aliphatic rings. The van der Waals surface area contributed by atoms with Gasteiger partial charge in [-0.15, -0.1) is 0 Å². The van der Waals surface area contributed by atoms with Crippen molar-refractivity contribution in [1.29, 1.82) is 0 Å². The molecule has 1 aromatic heterocycles. The van der Waals surface area contributed by atoms with E-state index in [1.54, 1.807) is 12.4 Å². The third-order valence-corrected chi connectivity index (χ3v) is 8.38. The predicted octanol–water partition coefficient (Wildman–Crippen LogP) is 2.87. The van der Waals surface area contributed by atoms with Crippen LogP contribution in [0.3, 0.4) is 0 Å². The minimum Gasteiger partial charge on any atom is -0.392 e. The molecule has 2 aromatic carbocycles. The lowest BCUT2D eigenvalue weighted by molar-refractivity contribution is -0.132. The van der Waals surface area contributed by atoms with Crippen LogP contribution >= 0.6 is 0 Å². The van der Waals surface area contributed by atoms with Gasteiger partial charge in [-0.25, -0.2) is 0 Å². The molecule has 1 aliphatic heterocycles. The minimum atomic E-state index is -1.11. The van der Waals surface area contributed by atoms with E-state index in [9.17, 15) is 19.8 Å². The molecular weight excluding hydrogens is 566 g/mol. The second kappa shape index (κ2) is 14.6. The number of carbonyl (C=O) groups is 2. The number of β-amino-alcohol motifs (C(OH)–C–C–N with tert-alkyl or cyclic N) is 1. The average molecular weight is 619 g/mol. The Morgan fingerprint density at radius 2 is 1.87 bits per heavy atom. The Bertz CT molecular complexity index is 1660. The monoisotopic (exact) mass is 618 g/mol. The Hall–Kier alpha value is -3.63. The Morgan fingerprint density at radius 1 is 1.09 bits per heavy atom. The van der Waals surface area contributed by atoms with Gasteiger partial charge in [0.05, 0.1) is 25.1 Å². The number of rotatable bonds is 11. The zero-order valence-electron chi connectivity index (χ0n) is 31.2. The molecule has 1 fully saturated rings. The minimum absolute atomic E-state index is 0.0258. The van der Waals surface area contributed by atoms with Crippen molar-refractivity contribution in [2.75, 3.05) is 26.2 Å². The van der Waals surface area contributed by atoms with Gasteiger partial charge in [-0.1, -0.05) is 60.5 Å². The number of hydrogen-bond acceptors (Lipinski definition) is 7. The van der Waals surface area contributed by atoms with Gasteiger partial charge in [0, 0.05) is 63.0 Å². The molecule has 1 aliphatic carbocycles. The third-order valence-electron chi connectivity index (χ3n) is 8.38. The van der Waals surface area contributed by atoms with Gasteiger partial charge < -0.3 is 20.8 Å². The summed E-state index contributed by atoms with van der Waals surface area (Å²) in [6, 6.07) is 7.64. The SMILES string of the molecule is [2H]c1c([2H])c([2H])c(C[C@@H](C[C@H](O)CN2CCN(Cc3cccnc3)C[C@H]2C(=O)NC(C)(C)C)C(=O)N[C@H]2c3ccccc3C[C@H]2O)c([2H])c1[2H]. The first-order chi connectivity index (χ1) is 23.6. The highest BCUT2D eigenvalue weighted by Gasteiger charge is 2.37. The molecule has 3 aromatic rings. The van der Waals surface area contributed by atoms with Crippen molar-refractivity contribution in [2.24, 2.45) is 5.92 Å². The van der Waals surface area contributed by atoms with E-state index in [2.05, 4.69) is 20.5 Å². The summed E-state index contributed by atoms with van der Waals surface area (Å²) < 4.78 is 41.3. The molecule has 2 amide bonds. The first-order valence-electron chi connectivity index (χ1n) is 18.1. The number of aliphatic hydroxyl groups excluding tert-OH is 2. The summed E-state index contributed by atoms with van der Waals surface area (Å²) in [4.78, 5) is 35.9. The van der Waals surface area contributed by atoms with Crippen molar-refractivity contribution >= 4 is 11.8 Å². The van der Waals surface area contributed by atoms with Gasteiger partial charge in [0.25, 0.3) is 0 Å². The van der Waals surface area contributed by atoms with Gasteiger partial charge >= 0.3 is 0 Å². The third kappa shape index (κ3) is 8.98. The van der Waals surface area contributed by atoms with Crippen molar-refractivity contribution < 1.29 is 26.7 Å². The predicted molar refractivity (Wildman–Crippen MR) is 174 cm³/mol. The largest absolute Gasteiger partial charge is 0.392 e. The lowest BCUT2D eigenvalue weighted by Gasteiger charge is -2.42. The van der Waals surface area contributed by atoms with Crippen LogP contribution in [0.2, 0.25) is 0 Å². The molecule has 9 heteroatoms. The molecule has 5 rings (SSSR count). The van der Waals surface area contributed by atoms with Gasteiger partial charge in [-0.3, -0.25) is 24.4 Å². The Kier molecular flexibility index (Phi) is 8.65. The first kappa shape index (κ1) is 26.6. The summed E-state index contributed by atoms with van der Waals surface area (Å²) in [5.41, 5.74) is 2.21. The maximum atomic E-state index is 14.0. The van der Waals surface area contributed by atoms with Crippen LogP contribution in [-0.4, -0.2) is 86.8 Å². The van der Waals surface area contributed by atoms with Gasteiger partial charge in [0.15, 0.2) is 0 Å². The molecule has 45 heavy (non-hydrogen) atoms. The van der Waals surface area contributed by atoms with Gasteiger partial charge in [-0.05, 0) is 61.9 Å². The van der Waals surface area contributed by atoms with E-state index >= 15 is 0 Å². The van der Waals surface area contributed by atoms with Gasteiger partial charge in [-0.2, -0.15) is 0 Å². The highest BCUT2D eigenvalue weighted by molar-refractivity contribution is 5.83. The molecule has 1 saturated heterocycles. The van der Waals surface area contributed by atoms with Crippen LogP contribution in [0, 0.1) is 5.92 Å². The van der Waals surface area contributed by atoms with E-state index < -0.39 is 71.9 Å². The summed E-state index contributed by atoms with van der Waals surface area (Å²) in [6.45, 7) is 7.92. The summed E-state index contributed by atoms with van der Waals surface area (Å²) in [6.07, 6.45) is 1.56. The zero-order valence-corrected chi connectivity index (χ0v) is 26.2. The summed E-state index contributed by atoms with van der Waals surface area (Å²) in [7, 11) is 0. The normalized spacial score (nSPS) is 23.5. The smallest absolute Gasteiger partial charge is 0.239 e. The van der Waals surface area contributed by atoms with Crippen LogP contribution in [0.25, 0.3) is 0 Å². The van der Waals surface area contributed by atoms with Crippen molar-refractivity contribution in [3.8, 4) is 0 Å². The quantitative estimate of drug-likeness (QED) is 0.261. The van der Waals surface area contributed by atoms with Crippen LogP contribution < -0.4 is 10.6 Å². The van der Waals surface area contributed by atoms with Crippen molar-refractivity contribution in [2.45, 2.75) is 76.4 Å². The Balaban J connectivity index is 1.37. The number of amides is 2. The molecule has 0 saturated carbocycles. The molecule has 0 spiro atoms. The van der Waals surface area contributed by atoms with Crippen LogP contribution in [0.1, 0.15) is 62.3 Å². The number of nitrogens with one attached hydrogen (secondary N) is 2. The second-order valence-electron chi connectivity index (χ2n) is 13.2. The molecule has 0 unspecified atom stereocenters. The fourth-order valence-electron chi connectivity index (χ4n) is 6.29. The van der Waals surface area contributed by atoms with E-state index in [1.807, 2.05) is 62.1 Å². The van der Waals surface area contributed by atoms with E-state index in [0.29, 0.717) is 32.6 Å². The van der Waals surface area contributed by atoms with E-state index in [1.165, 1.54) is 0 Å². The molecule has 240 valence electrons. The highest BCUT2D eigenvalue weighted by Crippen LogP contribution is 2.32. The standard InChI is InChI=1S/C36H47N5O4/c1-36(2,3)39-35(45)31-24-40(22-26-12-9-15-37-21-26)16-17-41(31)23-29(42)19-28(18-25-10-5-4-6-11-25)34(44)38-33-30-14-8-7-13-27(30)20-32(33)43/h4-15,21,28-29,31-33,42-43H,16-20,22-24H2,1-3H3,(H,38,44)(H,39,45)/t28-,29-,31-,32+,33-/m0/s1/i4D,5D,6D,10D,11D. The summed E-state index contributed by atoms with van der Waals surface area (Å²) in [5.74, 6) is -1.70. The van der Waals surface area contributed by atoms with Crippen molar-refractivity contribution in [3.05, 3.63) is 101 Å². The number of fused-ring (bicyclic) bond motifs is 1. The van der Waals surface area contributed by atoms with Crippen LogP contribution in [0.15, 0.2) is 79.0 Å². The van der Waals surface area contributed by atoms with Gasteiger partial charge in [0.2, 0.25) is 11.8 Å². The molecule has 2 heterocycles. The summed E-state index contributed by atoms with van der Waals surface area (Å²) in [5, 5.41) is 28.4. The maximum Gasteiger partial charge on any atom is 0.239 e. The number of nitrogens with zero attached hydrogens (tertiary/aromatic N) is 3. The Morgan fingerprint density at radius 3 is 2.60 bits per heavy atom. The maximum absolute atomic E-state index is 14.0. The van der Waals surface area contributed by atoms with Gasteiger partial charge in [0.1, 0.15) is 6.04 Å². The topological polar surface area (TPSA) is 118 Å². The fraction of sp³-hybridized carbons (Fsp3) is 0.472. The number of carbonyl (C=O) groups excluding carboxylic acids is 2. The van der Waals surface area contributed by atoms with Crippen LogP contribution in [-0.2, 0) is 29.0 Å². The van der Waals surface area contributed by atoms with E-state index in [-0.39, 0.29) is 30.9 Å². The number of hydrogen-bond donors (Lipinski definition) is 4. The van der Waals surface area contributed by atoms with E-state index in [4.69, 9.17) is 6.85 Å². The van der Waals surface area contributed by atoms with Crippen molar-refractivity contribution in [1.82, 2.24) is 25.4 Å². The summed E-state index contributed by atoms with van der Waals surface area (Å²) >= 11 is 0. The second-order valence-corrected chi connectivity index (χ2v) is 13.2.